The van der Waals surface area contributed by atoms with Gasteiger partial charge in [-0.2, -0.15) is 10.1 Å². The predicted molar refractivity (Wildman–Crippen MR) is 137 cm³/mol. The van der Waals surface area contributed by atoms with E-state index in [1.165, 1.54) is 12.8 Å². The van der Waals surface area contributed by atoms with Crippen LogP contribution in [0.3, 0.4) is 0 Å². The summed E-state index contributed by atoms with van der Waals surface area (Å²) in [6.07, 6.45) is 8.16. The summed E-state index contributed by atoms with van der Waals surface area (Å²) in [7, 11) is 1.73. The molecule has 36 heavy (non-hydrogen) atoms. The predicted octanol–water partition coefficient (Wildman–Crippen LogP) is 2.27. The number of hydrogen-bond acceptors (Lipinski definition) is 8. The fraction of sp³-hybridized carbons (Fsp3) is 0.600. The highest BCUT2D eigenvalue weighted by atomic mass is 16.5. The number of nitrogens with zero attached hydrogens (tertiary/aromatic N) is 6. The second-order valence-corrected chi connectivity index (χ2v) is 10.2. The average molecular weight is 494 g/mol. The number of anilines is 3. The minimum Gasteiger partial charge on any atom is -0.383 e. The van der Waals surface area contributed by atoms with E-state index >= 15 is 0 Å². The summed E-state index contributed by atoms with van der Waals surface area (Å²) in [5, 5.41) is 19.0. The van der Waals surface area contributed by atoms with E-state index in [0.29, 0.717) is 24.3 Å². The van der Waals surface area contributed by atoms with Crippen molar-refractivity contribution < 1.29 is 9.53 Å². The van der Waals surface area contributed by atoms with Crippen molar-refractivity contribution in [2.45, 2.75) is 56.5 Å². The van der Waals surface area contributed by atoms with Gasteiger partial charge in [-0.3, -0.25) is 14.8 Å². The third kappa shape index (κ3) is 4.90. The zero-order valence-corrected chi connectivity index (χ0v) is 20.8. The molecule has 192 valence electrons. The van der Waals surface area contributed by atoms with Crippen molar-refractivity contribution in [2.75, 3.05) is 50.1 Å². The summed E-state index contributed by atoms with van der Waals surface area (Å²) in [4.78, 5) is 22.7. The molecular weight excluding hydrogens is 458 g/mol. The van der Waals surface area contributed by atoms with Crippen molar-refractivity contribution in [3.05, 3.63) is 30.1 Å². The molecule has 3 fully saturated rings. The molecule has 3 N–H and O–H groups in total. The summed E-state index contributed by atoms with van der Waals surface area (Å²) < 4.78 is 7.05. The Morgan fingerprint density at radius 1 is 1.22 bits per heavy atom. The number of carbonyl (C=O) groups is 1. The number of likely N-dealkylation sites (tertiary alicyclic amines) is 1. The van der Waals surface area contributed by atoms with Gasteiger partial charge < -0.3 is 20.3 Å². The first kappa shape index (κ1) is 23.2. The molecule has 2 saturated heterocycles. The van der Waals surface area contributed by atoms with E-state index in [0.717, 1.165) is 68.9 Å². The molecule has 0 aromatic carbocycles. The number of aromatic amines is 1. The van der Waals surface area contributed by atoms with E-state index in [1.807, 2.05) is 27.7 Å². The summed E-state index contributed by atoms with van der Waals surface area (Å²) in [5.41, 5.74) is 2.03. The Kier molecular flexibility index (Phi) is 6.49. The van der Waals surface area contributed by atoms with Crippen LogP contribution in [0.5, 0.6) is 0 Å². The van der Waals surface area contributed by atoms with Crippen LogP contribution in [0.1, 0.15) is 50.1 Å². The lowest BCUT2D eigenvalue weighted by atomic mass is 10.0. The zero-order valence-electron chi connectivity index (χ0n) is 20.8. The van der Waals surface area contributed by atoms with Gasteiger partial charge in [-0.1, -0.05) is 0 Å². The Balaban J connectivity index is 1.18. The molecule has 0 radical (unpaired) electrons. The molecule has 11 nitrogen and oxygen atoms in total. The van der Waals surface area contributed by atoms with Gasteiger partial charge in [-0.25, -0.2) is 4.52 Å². The lowest BCUT2D eigenvalue weighted by molar-refractivity contribution is -0.123. The number of nitrogens with one attached hydrogen (secondary N) is 3. The lowest BCUT2D eigenvalue weighted by Crippen LogP contribution is -2.53. The van der Waals surface area contributed by atoms with E-state index in [1.54, 1.807) is 7.11 Å². The van der Waals surface area contributed by atoms with Crippen molar-refractivity contribution in [3.8, 4) is 0 Å². The van der Waals surface area contributed by atoms with Crippen molar-refractivity contribution in [1.82, 2.24) is 35.0 Å². The standard InChI is InChI=1S/C25H35N9O2/c1-36-14-13-32-10-2-5-18(16-32)26-24(35)21-7-3-11-33(21)25-28-23(20-6-4-12-34(20)31-25)27-22-15-19(29-30-22)17-8-9-17/h4,6,12,15,17-18,21H,2-3,5,7-11,13-14,16H2,1H3,(H,26,35)(H2,27,28,29,30,31)/t18?,21-/m0/s1. The van der Waals surface area contributed by atoms with E-state index in [4.69, 9.17) is 14.8 Å². The highest BCUT2D eigenvalue weighted by Crippen LogP contribution is 2.39. The Labute approximate surface area is 210 Å². The second kappa shape index (κ2) is 10.1. The topological polar surface area (TPSA) is 116 Å². The van der Waals surface area contributed by atoms with E-state index < -0.39 is 0 Å². The highest BCUT2D eigenvalue weighted by molar-refractivity contribution is 5.86. The first-order chi connectivity index (χ1) is 17.7. The molecule has 11 heteroatoms. The number of H-pyrrole nitrogens is 1. The van der Waals surface area contributed by atoms with Gasteiger partial charge in [0.25, 0.3) is 0 Å². The molecule has 1 unspecified atom stereocenters. The molecule has 3 aromatic rings. The van der Waals surface area contributed by atoms with E-state index in [-0.39, 0.29) is 18.0 Å². The number of piperidine rings is 1. The molecule has 0 spiro atoms. The fourth-order valence-corrected chi connectivity index (χ4v) is 5.43. The first-order valence-electron chi connectivity index (χ1n) is 13.1. The maximum atomic E-state index is 13.4. The molecule has 2 atom stereocenters. The smallest absolute Gasteiger partial charge is 0.246 e. The third-order valence-corrected chi connectivity index (χ3v) is 7.52. The van der Waals surface area contributed by atoms with Gasteiger partial charge in [0.15, 0.2) is 11.6 Å². The van der Waals surface area contributed by atoms with Crippen molar-refractivity contribution in [3.63, 3.8) is 0 Å². The maximum absolute atomic E-state index is 13.4. The number of amides is 1. The molecular formula is C25H35N9O2. The summed E-state index contributed by atoms with van der Waals surface area (Å²) in [5.74, 6) is 2.66. The number of ether oxygens (including phenoxy) is 1. The zero-order chi connectivity index (χ0) is 24.5. The van der Waals surface area contributed by atoms with Crippen LogP contribution < -0.4 is 15.5 Å². The normalized spacial score (nSPS) is 22.9. The van der Waals surface area contributed by atoms with Crippen molar-refractivity contribution in [1.29, 1.82) is 0 Å². The van der Waals surface area contributed by atoms with Crippen LogP contribution in [0.15, 0.2) is 24.4 Å². The van der Waals surface area contributed by atoms with Crippen LogP contribution in [0.25, 0.3) is 5.52 Å². The van der Waals surface area contributed by atoms with Gasteiger partial charge in [0.2, 0.25) is 11.9 Å². The summed E-state index contributed by atoms with van der Waals surface area (Å²) in [6, 6.07) is 5.88. The molecule has 3 aliphatic rings. The molecule has 1 saturated carbocycles. The first-order valence-corrected chi connectivity index (χ1v) is 13.1. The van der Waals surface area contributed by atoms with Gasteiger partial charge in [0.05, 0.1) is 6.61 Å². The van der Waals surface area contributed by atoms with Crippen molar-refractivity contribution >= 4 is 29.0 Å². The largest absolute Gasteiger partial charge is 0.383 e. The SMILES string of the molecule is COCCN1CCCC(NC(=O)[C@@H]2CCCN2c2nc(Nc3cc(C4CC4)[nH]n3)c3cccn3n2)C1. The van der Waals surface area contributed by atoms with Gasteiger partial charge in [0, 0.05) is 56.7 Å². The lowest BCUT2D eigenvalue weighted by Gasteiger charge is -2.34. The number of aromatic nitrogens is 5. The minimum absolute atomic E-state index is 0.0678. The Bertz CT molecular complexity index is 1200. The van der Waals surface area contributed by atoms with Crippen LogP contribution in [0, 0.1) is 0 Å². The molecule has 3 aromatic heterocycles. The Morgan fingerprint density at radius 2 is 2.11 bits per heavy atom. The Hall–Kier alpha value is -3.18. The van der Waals surface area contributed by atoms with Gasteiger partial charge in [0.1, 0.15) is 11.6 Å². The fourth-order valence-electron chi connectivity index (χ4n) is 5.43. The van der Waals surface area contributed by atoms with Gasteiger partial charge in [-0.05, 0) is 57.2 Å². The van der Waals surface area contributed by atoms with Crippen LogP contribution in [0.4, 0.5) is 17.6 Å². The highest BCUT2D eigenvalue weighted by Gasteiger charge is 2.35. The van der Waals surface area contributed by atoms with Crippen molar-refractivity contribution in [2.24, 2.45) is 0 Å². The molecule has 5 heterocycles. The quantitative estimate of drug-likeness (QED) is 0.416. The number of carbonyl (C=O) groups excluding carboxylic acids is 1. The van der Waals surface area contributed by atoms with E-state index in [9.17, 15) is 4.79 Å². The number of fused-ring (bicyclic) bond motifs is 1. The van der Waals surface area contributed by atoms with Crippen LogP contribution in [0.2, 0.25) is 0 Å². The Morgan fingerprint density at radius 3 is 2.97 bits per heavy atom. The number of methoxy groups -OCH3 is 1. The minimum atomic E-state index is -0.271. The summed E-state index contributed by atoms with van der Waals surface area (Å²) in [6.45, 7) is 4.30. The van der Waals surface area contributed by atoms with Crippen LogP contribution in [-0.2, 0) is 9.53 Å². The third-order valence-electron chi connectivity index (χ3n) is 7.52. The van der Waals surface area contributed by atoms with Crippen LogP contribution >= 0.6 is 0 Å². The summed E-state index contributed by atoms with van der Waals surface area (Å²) >= 11 is 0. The maximum Gasteiger partial charge on any atom is 0.246 e. The van der Waals surface area contributed by atoms with E-state index in [2.05, 4.69) is 31.8 Å². The molecule has 2 aliphatic heterocycles. The van der Waals surface area contributed by atoms with Crippen LogP contribution in [-0.4, -0.2) is 87.6 Å². The number of rotatable bonds is 9. The molecule has 0 bridgehead atoms. The number of hydrogen-bond donors (Lipinski definition) is 3. The monoisotopic (exact) mass is 493 g/mol. The van der Waals surface area contributed by atoms with Gasteiger partial charge in [-0.15, -0.1) is 5.10 Å². The molecule has 6 rings (SSSR count). The molecule has 1 amide bonds. The van der Waals surface area contributed by atoms with Gasteiger partial charge >= 0.3 is 0 Å². The average Bonchev–Trinajstić information content (AvgIpc) is 3.26. The second-order valence-electron chi connectivity index (χ2n) is 10.2. The molecule has 1 aliphatic carbocycles.